The van der Waals surface area contributed by atoms with Gasteiger partial charge in [-0.15, -0.1) is 0 Å². The Morgan fingerprint density at radius 2 is 0.920 bits per heavy atom. The molecule has 2 atom stereocenters. The third-order valence-corrected chi connectivity index (χ3v) is 4.16. The Balaban J connectivity index is 2.15. The lowest BCUT2D eigenvalue weighted by Gasteiger charge is -2.21. The van der Waals surface area contributed by atoms with Crippen molar-refractivity contribution in [3.63, 3.8) is 0 Å². The van der Waals surface area contributed by atoms with E-state index >= 15 is 0 Å². The highest BCUT2D eigenvalue weighted by Gasteiger charge is 2.16. The van der Waals surface area contributed by atoms with Gasteiger partial charge in [0.15, 0.2) is 23.0 Å². The number of benzene rings is 2. The van der Waals surface area contributed by atoms with Crippen LogP contribution in [-0.2, 0) is 4.74 Å². The number of hydrogen-bond acceptors (Lipinski definition) is 5. The van der Waals surface area contributed by atoms with Crippen molar-refractivity contribution in [1.82, 2.24) is 0 Å². The maximum Gasteiger partial charge on any atom is 0.161 e. The van der Waals surface area contributed by atoms with E-state index in [1.165, 1.54) is 0 Å². The summed E-state index contributed by atoms with van der Waals surface area (Å²) in [5.74, 6) is 2.78. The van der Waals surface area contributed by atoms with Crippen LogP contribution in [0.15, 0.2) is 36.4 Å². The highest BCUT2D eigenvalue weighted by Crippen LogP contribution is 2.35. The van der Waals surface area contributed by atoms with Gasteiger partial charge in [-0.2, -0.15) is 0 Å². The molecule has 0 aliphatic rings. The lowest BCUT2D eigenvalue weighted by atomic mass is 10.1. The summed E-state index contributed by atoms with van der Waals surface area (Å²) in [6.07, 6.45) is -0.217. The zero-order valence-corrected chi connectivity index (χ0v) is 15.7. The molecular weight excluding hydrogens is 320 g/mol. The minimum Gasteiger partial charge on any atom is -0.493 e. The SMILES string of the molecule is COc1ccc(C(C)OC(C)c2ccc(OC)c(OC)c2)cc1OC. The molecular formula is C20H26O5. The van der Waals surface area contributed by atoms with Gasteiger partial charge in [-0.05, 0) is 49.2 Å². The standard InChI is InChI=1S/C20H26O5/c1-13(15-7-9-17(21-3)19(11-15)23-5)25-14(2)16-8-10-18(22-4)20(12-16)24-6/h7-14H,1-6H3. The molecule has 0 fully saturated rings. The fraction of sp³-hybridized carbons (Fsp3) is 0.400. The second-order valence-electron chi connectivity index (χ2n) is 5.65. The van der Waals surface area contributed by atoms with E-state index in [4.69, 9.17) is 23.7 Å². The first-order chi connectivity index (χ1) is 12.0. The Labute approximate surface area is 149 Å². The molecule has 0 spiro atoms. The minimum atomic E-state index is -0.108. The zero-order valence-electron chi connectivity index (χ0n) is 15.7. The maximum atomic E-state index is 6.18. The number of ether oxygens (including phenoxy) is 5. The second-order valence-corrected chi connectivity index (χ2v) is 5.65. The van der Waals surface area contributed by atoms with Gasteiger partial charge in [0, 0.05) is 0 Å². The molecule has 5 heteroatoms. The van der Waals surface area contributed by atoms with Crippen LogP contribution < -0.4 is 18.9 Å². The third-order valence-electron chi connectivity index (χ3n) is 4.16. The lowest BCUT2D eigenvalue weighted by Crippen LogP contribution is -2.06. The Hall–Kier alpha value is -2.40. The third kappa shape index (κ3) is 4.37. The molecule has 5 nitrogen and oxygen atoms in total. The predicted octanol–water partition coefficient (Wildman–Crippen LogP) is 4.56. The number of methoxy groups -OCH3 is 4. The van der Waals surface area contributed by atoms with Crippen molar-refractivity contribution in [2.24, 2.45) is 0 Å². The molecule has 2 aromatic carbocycles. The predicted molar refractivity (Wildman–Crippen MR) is 97.0 cm³/mol. The normalized spacial score (nSPS) is 13.0. The van der Waals surface area contributed by atoms with Gasteiger partial charge in [-0.3, -0.25) is 0 Å². The highest BCUT2D eigenvalue weighted by atomic mass is 16.5. The van der Waals surface area contributed by atoms with Crippen molar-refractivity contribution in [2.75, 3.05) is 28.4 Å². The monoisotopic (exact) mass is 346 g/mol. The van der Waals surface area contributed by atoms with E-state index in [0.717, 1.165) is 11.1 Å². The van der Waals surface area contributed by atoms with E-state index < -0.39 is 0 Å². The summed E-state index contributed by atoms with van der Waals surface area (Å²) in [5, 5.41) is 0. The summed E-state index contributed by atoms with van der Waals surface area (Å²) in [6, 6.07) is 11.6. The summed E-state index contributed by atoms with van der Waals surface area (Å²) in [4.78, 5) is 0. The fourth-order valence-corrected chi connectivity index (χ4v) is 2.67. The molecule has 0 aromatic heterocycles. The van der Waals surface area contributed by atoms with Gasteiger partial charge in [-0.1, -0.05) is 12.1 Å². The van der Waals surface area contributed by atoms with E-state index in [1.54, 1.807) is 28.4 Å². The van der Waals surface area contributed by atoms with Crippen LogP contribution in [0.3, 0.4) is 0 Å². The summed E-state index contributed by atoms with van der Waals surface area (Å²) in [6.45, 7) is 4.02. The van der Waals surface area contributed by atoms with E-state index in [0.29, 0.717) is 23.0 Å². The van der Waals surface area contributed by atoms with Crippen molar-refractivity contribution < 1.29 is 23.7 Å². The van der Waals surface area contributed by atoms with Crippen molar-refractivity contribution in [3.05, 3.63) is 47.5 Å². The summed E-state index contributed by atoms with van der Waals surface area (Å²) < 4.78 is 27.5. The summed E-state index contributed by atoms with van der Waals surface area (Å²) in [5.41, 5.74) is 2.04. The smallest absolute Gasteiger partial charge is 0.161 e. The summed E-state index contributed by atoms with van der Waals surface area (Å²) >= 11 is 0. The molecule has 25 heavy (non-hydrogen) atoms. The van der Waals surface area contributed by atoms with Gasteiger partial charge in [0.25, 0.3) is 0 Å². The van der Waals surface area contributed by atoms with Crippen LogP contribution in [0, 0.1) is 0 Å². The second kappa shape index (κ2) is 8.62. The largest absolute Gasteiger partial charge is 0.493 e. The van der Waals surface area contributed by atoms with Crippen LogP contribution in [0.25, 0.3) is 0 Å². The Morgan fingerprint density at radius 1 is 0.560 bits per heavy atom. The van der Waals surface area contributed by atoms with Crippen molar-refractivity contribution in [2.45, 2.75) is 26.1 Å². The van der Waals surface area contributed by atoms with Gasteiger partial charge in [-0.25, -0.2) is 0 Å². The Morgan fingerprint density at radius 3 is 1.24 bits per heavy atom. The number of hydrogen-bond donors (Lipinski definition) is 0. The molecule has 2 unspecified atom stereocenters. The lowest BCUT2D eigenvalue weighted by molar-refractivity contribution is 0.00562. The van der Waals surface area contributed by atoms with Crippen LogP contribution >= 0.6 is 0 Å². The molecule has 0 radical (unpaired) electrons. The van der Waals surface area contributed by atoms with Gasteiger partial charge in [0.1, 0.15) is 0 Å². The van der Waals surface area contributed by atoms with E-state index in [1.807, 2.05) is 50.2 Å². The van der Waals surface area contributed by atoms with Gasteiger partial charge < -0.3 is 23.7 Å². The number of rotatable bonds is 8. The minimum absolute atomic E-state index is 0.108. The van der Waals surface area contributed by atoms with Gasteiger partial charge >= 0.3 is 0 Å². The van der Waals surface area contributed by atoms with Crippen molar-refractivity contribution in [3.8, 4) is 23.0 Å². The first-order valence-electron chi connectivity index (χ1n) is 8.13. The van der Waals surface area contributed by atoms with Crippen LogP contribution in [0.1, 0.15) is 37.2 Å². The van der Waals surface area contributed by atoms with Crippen LogP contribution in [0.5, 0.6) is 23.0 Å². The molecule has 2 aromatic rings. The summed E-state index contributed by atoms with van der Waals surface area (Å²) in [7, 11) is 6.49. The fourth-order valence-electron chi connectivity index (χ4n) is 2.67. The topological polar surface area (TPSA) is 46.2 Å². The first kappa shape index (κ1) is 18.9. The van der Waals surface area contributed by atoms with E-state index in [9.17, 15) is 0 Å². The molecule has 136 valence electrons. The van der Waals surface area contributed by atoms with Crippen molar-refractivity contribution >= 4 is 0 Å². The van der Waals surface area contributed by atoms with E-state index in [2.05, 4.69) is 0 Å². The molecule has 2 rings (SSSR count). The molecule has 0 heterocycles. The molecule has 0 aliphatic heterocycles. The van der Waals surface area contributed by atoms with Crippen LogP contribution in [-0.4, -0.2) is 28.4 Å². The van der Waals surface area contributed by atoms with Gasteiger partial charge in [0.05, 0.1) is 40.6 Å². The molecule has 0 bridgehead atoms. The average molecular weight is 346 g/mol. The van der Waals surface area contributed by atoms with Gasteiger partial charge in [0.2, 0.25) is 0 Å². The Kier molecular flexibility index (Phi) is 6.53. The molecule has 0 N–H and O–H groups in total. The highest BCUT2D eigenvalue weighted by molar-refractivity contribution is 5.44. The molecule has 0 saturated heterocycles. The first-order valence-corrected chi connectivity index (χ1v) is 8.13. The maximum absolute atomic E-state index is 6.18. The van der Waals surface area contributed by atoms with Crippen molar-refractivity contribution in [1.29, 1.82) is 0 Å². The van der Waals surface area contributed by atoms with E-state index in [-0.39, 0.29) is 12.2 Å². The van der Waals surface area contributed by atoms with Crippen LogP contribution in [0.4, 0.5) is 0 Å². The zero-order chi connectivity index (χ0) is 18.4. The molecule has 0 aliphatic carbocycles. The average Bonchev–Trinajstić information content (AvgIpc) is 2.66. The van der Waals surface area contributed by atoms with Crippen LogP contribution in [0.2, 0.25) is 0 Å². The molecule has 0 amide bonds. The molecule has 0 saturated carbocycles. The quantitative estimate of drug-likeness (QED) is 0.701. The Bertz CT molecular complexity index is 639.